The van der Waals surface area contributed by atoms with E-state index in [2.05, 4.69) is 29.1 Å². The highest BCUT2D eigenvalue weighted by atomic mass is 35.5. The number of hydrogen-bond acceptors (Lipinski definition) is 4. The highest BCUT2D eigenvalue weighted by Gasteiger charge is 2.15. The lowest BCUT2D eigenvalue weighted by Gasteiger charge is -2.02. The van der Waals surface area contributed by atoms with Gasteiger partial charge in [-0.1, -0.05) is 31.5 Å². The average Bonchev–Trinajstić information content (AvgIpc) is 2.91. The molecule has 0 saturated carbocycles. The Hall–Kier alpha value is -2.40. The molecule has 0 N–H and O–H groups in total. The molecule has 0 unspecified atom stereocenters. The Morgan fingerprint density at radius 3 is 2.74 bits per heavy atom. The summed E-state index contributed by atoms with van der Waals surface area (Å²) in [5.41, 5.74) is 2.41. The number of aromatic nitrogens is 2. The predicted octanol–water partition coefficient (Wildman–Crippen LogP) is 5.54. The van der Waals surface area contributed by atoms with Crippen molar-refractivity contribution in [3.05, 3.63) is 53.3 Å². The maximum atomic E-state index is 6.10. The first-order chi connectivity index (χ1) is 11.1. The molecule has 0 saturated heterocycles. The van der Waals surface area contributed by atoms with E-state index in [9.17, 15) is 0 Å². The first kappa shape index (κ1) is 15.5. The van der Waals surface area contributed by atoms with Crippen LogP contribution >= 0.6 is 11.6 Å². The van der Waals surface area contributed by atoms with Crippen molar-refractivity contribution < 1.29 is 4.74 Å². The minimum absolute atomic E-state index is 0.230. The van der Waals surface area contributed by atoms with Crippen molar-refractivity contribution in [3.8, 4) is 5.75 Å². The largest absolute Gasteiger partial charge is 0.497 e. The van der Waals surface area contributed by atoms with Crippen molar-refractivity contribution in [3.63, 3.8) is 0 Å². The van der Waals surface area contributed by atoms with Crippen LogP contribution in [-0.2, 0) is 0 Å². The van der Waals surface area contributed by atoms with Gasteiger partial charge in [-0.25, -0.2) is 4.98 Å². The molecular weight excluding hydrogens is 312 g/mol. The first-order valence-electron chi connectivity index (χ1n) is 7.32. The molecule has 3 rings (SSSR count). The third-order valence-electron chi connectivity index (χ3n) is 3.44. The zero-order valence-electron chi connectivity index (χ0n) is 13.2. The number of rotatable bonds is 4. The Balaban J connectivity index is 2.08. The molecule has 2 heterocycles. The van der Waals surface area contributed by atoms with Crippen LogP contribution in [0.1, 0.15) is 25.5 Å². The second-order valence-electron chi connectivity index (χ2n) is 5.45. The summed E-state index contributed by atoms with van der Waals surface area (Å²) in [7, 11) is 1.62. The predicted molar refractivity (Wildman–Crippen MR) is 91.5 cm³/mol. The zero-order valence-corrected chi connectivity index (χ0v) is 13.9. The standard InChI is InChI=1S/C17H17ClN4O/c1-11(2)16-17(22-10-12(18)7-8-15(22)19-16)21-20-13-5-4-6-14(9-13)23-3/h4-11H,1-3H3. The molecule has 5 nitrogen and oxygen atoms in total. The monoisotopic (exact) mass is 328 g/mol. The van der Waals surface area contributed by atoms with E-state index in [0.29, 0.717) is 10.8 Å². The van der Waals surface area contributed by atoms with Gasteiger partial charge in [0.2, 0.25) is 0 Å². The summed E-state index contributed by atoms with van der Waals surface area (Å²) in [6.45, 7) is 4.15. The van der Waals surface area contributed by atoms with E-state index < -0.39 is 0 Å². The summed E-state index contributed by atoms with van der Waals surface area (Å²) in [4.78, 5) is 4.63. The van der Waals surface area contributed by atoms with Crippen molar-refractivity contribution >= 4 is 28.8 Å². The van der Waals surface area contributed by atoms with Crippen LogP contribution in [0.25, 0.3) is 5.65 Å². The number of pyridine rings is 1. The van der Waals surface area contributed by atoms with Crippen LogP contribution in [0.15, 0.2) is 52.8 Å². The minimum atomic E-state index is 0.230. The van der Waals surface area contributed by atoms with Crippen LogP contribution in [0.5, 0.6) is 5.75 Å². The summed E-state index contributed by atoms with van der Waals surface area (Å²) < 4.78 is 7.07. The fourth-order valence-corrected chi connectivity index (χ4v) is 2.45. The van der Waals surface area contributed by atoms with Gasteiger partial charge in [-0.15, -0.1) is 10.2 Å². The van der Waals surface area contributed by atoms with E-state index in [4.69, 9.17) is 16.3 Å². The summed E-state index contributed by atoms with van der Waals surface area (Å²) in [6.07, 6.45) is 1.80. The Morgan fingerprint density at radius 2 is 2.00 bits per heavy atom. The normalized spacial score (nSPS) is 11.7. The number of benzene rings is 1. The molecular formula is C17H17ClN4O. The van der Waals surface area contributed by atoms with Gasteiger partial charge in [0.05, 0.1) is 23.5 Å². The number of hydrogen-bond donors (Lipinski definition) is 0. The number of halogens is 1. The van der Waals surface area contributed by atoms with Crippen LogP contribution in [0.4, 0.5) is 11.5 Å². The fourth-order valence-electron chi connectivity index (χ4n) is 2.29. The zero-order chi connectivity index (χ0) is 16.4. The van der Waals surface area contributed by atoms with Gasteiger partial charge in [-0.3, -0.25) is 4.40 Å². The first-order valence-corrected chi connectivity index (χ1v) is 7.69. The Labute approximate surface area is 139 Å². The van der Waals surface area contributed by atoms with Crippen LogP contribution in [0.3, 0.4) is 0 Å². The molecule has 23 heavy (non-hydrogen) atoms. The molecule has 0 spiro atoms. The third-order valence-corrected chi connectivity index (χ3v) is 3.67. The molecule has 0 aliphatic heterocycles. The topological polar surface area (TPSA) is 51.2 Å². The molecule has 118 valence electrons. The van der Waals surface area contributed by atoms with Gasteiger partial charge in [-0.05, 0) is 30.2 Å². The lowest BCUT2D eigenvalue weighted by molar-refractivity contribution is 0.415. The summed E-state index contributed by atoms with van der Waals surface area (Å²) >= 11 is 6.10. The number of fused-ring (bicyclic) bond motifs is 1. The van der Waals surface area contributed by atoms with Gasteiger partial charge in [0.15, 0.2) is 5.82 Å². The van der Waals surface area contributed by atoms with E-state index in [0.717, 1.165) is 22.8 Å². The van der Waals surface area contributed by atoms with E-state index in [1.54, 1.807) is 13.3 Å². The fraction of sp³-hybridized carbons (Fsp3) is 0.235. The van der Waals surface area contributed by atoms with Crippen molar-refractivity contribution in [2.75, 3.05) is 7.11 Å². The number of ether oxygens (including phenoxy) is 1. The summed E-state index contributed by atoms with van der Waals surface area (Å²) in [5.74, 6) is 1.67. The summed E-state index contributed by atoms with van der Waals surface area (Å²) in [5, 5.41) is 9.36. The maximum Gasteiger partial charge on any atom is 0.183 e. The molecule has 0 aliphatic carbocycles. The molecule has 0 aliphatic rings. The Bertz CT molecular complexity index is 870. The third kappa shape index (κ3) is 3.19. The molecule has 0 atom stereocenters. The number of imidazole rings is 1. The van der Waals surface area contributed by atoms with Crippen molar-refractivity contribution in [2.24, 2.45) is 10.2 Å². The SMILES string of the molecule is COc1cccc(N=Nc2c(C(C)C)nc3ccc(Cl)cn23)c1. The molecule has 0 radical (unpaired) electrons. The molecule has 3 aromatic rings. The lowest BCUT2D eigenvalue weighted by Crippen LogP contribution is -1.87. The van der Waals surface area contributed by atoms with Gasteiger partial charge < -0.3 is 4.74 Å². The van der Waals surface area contributed by atoms with Gasteiger partial charge in [-0.2, -0.15) is 0 Å². The molecule has 0 bridgehead atoms. The molecule has 1 aromatic carbocycles. The maximum absolute atomic E-state index is 6.10. The quantitative estimate of drug-likeness (QED) is 0.591. The molecule has 6 heteroatoms. The Kier molecular flexibility index (Phi) is 4.30. The van der Waals surface area contributed by atoms with Crippen LogP contribution < -0.4 is 4.74 Å². The average molecular weight is 329 g/mol. The van der Waals surface area contributed by atoms with Crippen molar-refractivity contribution in [2.45, 2.75) is 19.8 Å². The molecule has 0 amide bonds. The van der Waals surface area contributed by atoms with E-state index >= 15 is 0 Å². The van der Waals surface area contributed by atoms with E-state index in [1.165, 1.54) is 0 Å². The second-order valence-corrected chi connectivity index (χ2v) is 5.89. The van der Waals surface area contributed by atoms with Crippen LogP contribution in [-0.4, -0.2) is 16.5 Å². The number of azo groups is 1. The lowest BCUT2D eigenvalue weighted by atomic mass is 10.1. The summed E-state index contributed by atoms with van der Waals surface area (Å²) in [6, 6.07) is 11.1. The van der Waals surface area contributed by atoms with Crippen LogP contribution in [0.2, 0.25) is 5.02 Å². The minimum Gasteiger partial charge on any atom is -0.497 e. The second kappa shape index (κ2) is 6.38. The smallest absolute Gasteiger partial charge is 0.183 e. The number of methoxy groups -OCH3 is 1. The molecule has 2 aromatic heterocycles. The van der Waals surface area contributed by atoms with Gasteiger partial charge in [0, 0.05) is 12.3 Å². The van der Waals surface area contributed by atoms with Crippen molar-refractivity contribution in [1.82, 2.24) is 9.38 Å². The highest BCUT2D eigenvalue weighted by molar-refractivity contribution is 6.30. The Morgan fingerprint density at radius 1 is 1.17 bits per heavy atom. The highest BCUT2D eigenvalue weighted by Crippen LogP contribution is 2.30. The number of nitrogens with zero attached hydrogens (tertiary/aromatic N) is 4. The van der Waals surface area contributed by atoms with Gasteiger partial charge in [0.25, 0.3) is 0 Å². The van der Waals surface area contributed by atoms with Crippen molar-refractivity contribution in [1.29, 1.82) is 0 Å². The van der Waals surface area contributed by atoms with E-state index in [1.807, 2.05) is 40.8 Å². The van der Waals surface area contributed by atoms with Crippen LogP contribution in [0, 0.1) is 0 Å². The van der Waals surface area contributed by atoms with Gasteiger partial charge >= 0.3 is 0 Å². The van der Waals surface area contributed by atoms with Gasteiger partial charge in [0.1, 0.15) is 11.4 Å². The molecule has 0 fully saturated rings. The van der Waals surface area contributed by atoms with E-state index in [-0.39, 0.29) is 5.92 Å².